The maximum Gasteiger partial charge on any atom is 0.407 e. The van der Waals surface area contributed by atoms with Gasteiger partial charge in [0.15, 0.2) is 5.60 Å². The zero-order chi connectivity index (χ0) is 14.6. The number of hydrogen-bond acceptors (Lipinski definition) is 5. The van der Waals surface area contributed by atoms with Gasteiger partial charge >= 0.3 is 12.1 Å². The number of esters is 1. The zero-order valence-electron chi connectivity index (χ0n) is 11.2. The average molecular weight is 279 g/mol. The van der Waals surface area contributed by atoms with Gasteiger partial charge in [-0.05, 0) is 12.5 Å². The van der Waals surface area contributed by atoms with Gasteiger partial charge in [0.2, 0.25) is 0 Å². The van der Waals surface area contributed by atoms with Gasteiger partial charge in [-0.3, -0.25) is 0 Å². The number of alkyl carbamates (subject to hydrolysis) is 1. The molecule has 0 bridgehead atoms. The predicted molar refractivity (Wildman–Crippen MR) is 69.8 cm³/mol. The third-order valence-electron chi connectivity index (χ3n) is 3.07. The van der Waals surface area contributed by atoms with Crippen molar-refractivity contribution in [3.05, 3.63) is 35.9 Å². The van der Waals surface area contributed by atoms with Crippen LogP contribution < -0.4 is 5.32 Å². The van der Waals surface area contributed by atoms with Crippen molar-refractivity contribution in [2.45, 2.75) is 31.6 Å². The summed E-state index contributed by atoms with van der Waals surface area (Å²) in [6, 6.07) is 8.57. The van der Waals surface area contributed by atoms with Crippen LogP contribution in [0.2, 0.25) is 0 Å². The monoisotopic (exact) mass is 279 g/mol. The van der Waals surface area contributed by atoms with Crippen LogP contribution in [0.4, 0.5) is 4.79 Å². The summed E-state index contributed by atoms with van der Waals surface area (Å²) in [6.07, 6.45) is -0.522. The van der Waals surface area contributed by atoms with Crippen LogP contribution in [0.15, 0.2) is 30.3 Å². The van der Waals surface area contributed by atoms with Crippen LogP contribution >= 0.6 is 0 Å². The molecule has 6 heteroatoms. The molecule has 6 nitrogen and oxygen atoms in total. The fourth-order valence-corrected chi connectivity index (χ4v) is 1.81. The van der Waals surface area contributed by atoms with Crippen molar-refractivity contribution < 1.29 is 24.2 Å². The number of rotatable bonds is 5. The van der Waals surface area contributed by atoms with E-state index in [9.17, 15) is 14.7 Å². The van der Waals surface area contributed by atoms with Crippen molar-refractivity contribution in [2.75, 3.05) is 6.61 Å². The Labute approximate surface area is 116 Å². The van der Waals surface area contributed by atoms with Crippen molar-refractivity contribution in [3.8, 4) is 0 Å². The number of amides is 1. The Morgan fingerprint density at radius 1 is 1.35 bits per heavy atom. The molecule has 0 saturated heterocycles. The molecule has 0 aromatic heterocycles. The minimum Gasteiger partial charge on any atom is -0.464 e. The topological polar surface area (TPSA) is 84.9 Å². The predicted octanol–water partition coefficient (Wildman–Crippen LogP) is 0.979. The van der Waals surface area contributed by atoms with Gasteiger partial charge in [0, 0.05) is 6.42 Å². The van der Waals surface area contributed by atoms with Crippen molar-refractivity contribution in [2.24, 2.45) is 0 Å². The van der Waals surface area contributed by atoms with E-state index in [1.54, 1.807) is 6.92 Å². The lowest BCUT2D eigenvalue weighted by Crippen LogP contribution is -2.37. The summed E-state index contributed by atoms with van der Waals surface area (Å²) < 4.78 is 9.73. The van der Waals surface area contributed by atoms with Crippen LogP contribution in [0.1, 0.15) is 18.9 Å². The van der Waals surface area contributed by atoms with Gasteiger partial charge < -0.3 is 19.9 Å². The summed E-state index contributed by atoms with van der Waals surface area (Å²) in [7, 11) is 0. The number of benzene rings is 1. The molecule has 0 spiro atoms. The molecule has 1 aromatic rings. The summed E-state index contributed by atoms with van der Waals surface area (Å²) in [6.45, 7) is 1.98. The number of carbonyl (C=O) groups is 2. The maximum atomic E-state index is 11.5. The summed E-state index contributed by atoms with van der Waals surface area (Å²) in [5.41, 5.74) is -0.749. The van der Waals surface area contributed by atoms with E-state index in [4.69, 9.17) is 9.47 Å². The summed E-state index contributed by atoms with van der Waals surface area (Å²) in [5.74, 6) is -0.714. The fourth-order valence-electron chi connectivity index (χ4n) is 1.81. The van der Waals surface area contributed by atoms with Gasteiger partial charge in [-0.1, -0.05) is 30.3 Å². The molecule has 1 unspecified atom stereocenters. The van der Waals surface area contributed by atoms with Gasteiger partial charge in [0.05, 0.1) is 12.6 Å². The van der Waals surface area contributed by atoms with Gasteiger partial charge in [-0.15, -0.1) is 0 Å². The number of nitrogens with one attached hydrogen (secondary N) is 1. The molecular weight excluding hydrogens is 262 g/mol. The van der Waals surface area contributed by atoms with E-state index in [1.807, 2.05) is 30.3 Å². The third kappa shape index (κ3) is 3.27. The molecular formula is C14H17NO5. The molecule has 0 aliphatic heterocycles. The lowest BCUT2D eigenvalue weighted by Gasteiger charge is -2.10. The quantitative estimate of drug-likeness (QED) is 0.785. The lowest BCUT2D eigenvalue weighted by molar-refractivity contribution is -0.155. The van der Waals surface area contributed by atoms with E-state index in [1.165, 1.54) is 0 Å². The van der Waals surface area contributed by atoms with E-state index in [0.29, 0.717) is 0 Å². The first-order valence-electron chi connectivity index (χ1n) is 6.43. The molecule has 1 saturated carbocycles. The molecule has 1 aliphatic rings. The minimum absolute atomic E-state index is 0.136. The summed E-state index contributed by atoms with van der Waals surface area (Å²) >= 11 is 0. The second kappa shape index (κ2) is 5.92. The van der Waals surface area contributed by atoms with Gasteiger partial charge in [0.1, 0.15) is 6.61 Å². The smallest absolute Gasteiger partial charge is 0.407 e. The van der Waals surface area contributed by atoms with Crippen LogP contribution in [0, 0.1) is 0 Å². The SMILES string of the molecule is CCOC(=O)C1(O)C[C@H]1NC(=O)OCc1ccccc1. The molecule has 2 atom stereocenters. The Morgan fingerprint density at radius 2 is 2.05 bits per heavy atom. The molecule has 2 N–H and O–H groups in total. The molecule has 0 heterocycles. The molecule has 1 fully saturated rings. The highest BCUT2D eigenvalue weighted by atomic mass is 16.6. The maximum absolute atomic E-state index is 11.5. The highest BCUT2D eigenvalue weighted by Crippen LogP contribution is 2.37. The second-order valence-electron chi connectivity index (χ2n) is 4.61. The van der Waals surface area contributed by atoms with Gasteiger partial charge in [0.25, 0.3) is 0 Å². The van der Waals surface area contributed by atoms with Crippen molar-refractivity contribution in [1.29, 1.82) is 0 Å². The minimum atomic E-state index is -1.61. The largest absolute Gasteiger partial charge is 0.464 e. The van der Waals surface area contributed by atoms with Gasteiger partial charge in [-0.2, -0.15) is 0 Å². The second-order valence-corrected chi connectivity index (χ2v) is 4.61. The first-order chi connectivity index (χ1) is 9.56. The van der Waals surface area contributed by atoms with Crippen LogP contribution in [0.25, 0.3) is 0 Å². The Hall–Kier alpha value is -2.08. The molecule has 108 valence electrons. The van der Waals surface area contributed by atoms with E-state index in [2.05, 4.69) is 5.32 Å². The Bertz CT molecular complexity index is 490. The first-order valence-corrected chi connectivity index (χ1v) is 6.43. The first kappa shape index (κ1) is 14.3. The number of aliphatic hydroxyl groups is 1. The Kier molecular flexibility index (Phi) is 4.24. The number of hydrogen-bond donors (Lipinski definition) is 2. The van der Waals surface area contributed by atoms with Gasteiger partial charge in [-0.25, -0.2) is 9.59 Å². The van der Waals surface area contributed by atoms with Crippen LogP contribution in [-0.2, 0) is 20.9 Å². The van der Waals surface area contributed by atoms with E-state index in [-0.39, 0.29) is 19.6 Å². The molecule has 0 radical (unpaired) electrons. The molecule has 1 aromatic carbocycles. The van der Waals surface area contributed by atoms with Crippen molar-refractivity contribution in [1.82, 2.24) is 5.32 Å². The van der Waals surface area contributed by atoms with Crippen molar-refractivity contribution >= 4 is 12.1 Å². The van der Waals surface area contributed by atoms with E-state index >= 15 is 0 Å². The highest BCUT2D eigenvalue weighted by molar-refractivity contribution is 5.86. The Morgan fingerprint density at radius 3 is 2.70 bits per heavy atom. The molecule has 2 rings (SSSR count). The standard InChI is InChI=1S/C14H17NO5/c1-2-19-12(16)14(18)8-11(14)15-13(17)20-9-10-6-4-3-5-7-10/h3-7,11,18H,2,8-9H2,1H3,(H,15,17)/t11-,14?/m1/s1. The van der Waals surface area contributed by atoms with Crippen LogP contribution in [0.5, 0.6) is 0 Å². The lowest BCUT2D eigenvalue weighted by atomic mass is 10.2. The number of carbonyl (C=O) groups excluding carboxylic acids is 2. The molecule has 20 heavy (non-hydrogen) atoms. The third-order valence-corrected chi connectivity index (χ3v) is 3.07. The van der Waals surface area contributed by atoms with Crippen LogP contribution in [0.3, 0.4) is 0 Å². The zero-order valence-corrected chi connectivity index (χ0v) is 11.2. The van der Waals surface area contributed by atoms with E-state index in [0.717, 1.165) is 5.56 Å². The normalized spacial score (nSPS) is 23.8. The Balaban J connectivity index is 1.75. The van der Waals surface area contributed by atoms with Crippen molar-refractivity contribution in [3.63, 3.8) is 0 Å². The average Bonchev–Trinajstić information content (AvgIpc) is 3.10. The molecule has 1 aliphatic carbocycles. The number of ether oxygens (including phenoxy) is 2. The summed E-state index contributed by atoms with van der Waals surface area (Å²) in [4.78, 5) is 23.0. The van der Waals surface area contributed by atoms with Crippen LogP contribution in [-0.4, -0.2) is 35.4 Å². The summed E-state index contributed by atoms with van der Waals surface area (Å²) in [5, 5.41) is 12.3. The fraction of sp³-hybridized carbons (Fsp3) is 0.429. The van der Waals surface area contributed by atoms with E-state index < -0.39 is 23.7 Å². The molecule has 1 amide bonds. The highest BCUT2D eigenvalue weighted by Gasteiger charge is 2.61.